The largest absolute Gasteiger partial charge is 0.310 e. The van der Waals surface area contributed by atoms with Crippen LogP contribution in [0.5, 0.6) is 0 Å². The van der Waals surface area contributed by atoms with Gasteiger partial charge in [-0.2, -0.15) is 16.4 Å². The molecular weight excluding hydrogens is 254 g/mol. The van der Waals surface area contributed by atoms with Gasteiger partial charge in [-0.25, -0.2) is 0 Å². The zero-order valence-corrected chi connectivity index (χ0v) is 13.0. The maximum absolute atomic E-state index is 4.67. The third-order valence-electron chi connectivity index (χ3n) is 3.41. The Morgan fingerprint density at radius 3 is 2.79 bits per heavy atom. The van der Waals surface area contributed by atoms with Crippen LogP contribution in [0, 0.1) is 13.8 Å². The maximum atomic E-state index is 4.67. The predicted octanol–water partition coefficient (Wildman–Crippen LogP) is 3.30. The molecule has 0 atom stereocenters. The summed E-state index contributed by atoms with van der Waals surface area (Å²) >= 11 is 1.76. The molecule has 0 fully saturated rings. The quantitative estimate of drug-likeness (QED) is 0.878. The van der Waals surface area contributed by atoms with Crippen molar-refractivity contribution < 1.29 is 0 Å². The van der Waals surface area contributed by atoms with E-state index in [0.717, 1.165) is 25.2 Å². The van der Waals surface area contributed by atoms with Crippen molar-refractivity contribution in [1.29, 1.82) is 0 Å². The van der Waals surface area contributed by atoms with Gasteiger partial charge < -0.3 is 5.32 Å². The van der Waals surface area contributed by atoms with E-state index in [-0.39, 0.29) is 0 Å². The summed E-state index contributed by atoms with van der Waals surface area (Å²) in [5.41, 5.74) is 5.19. The molecule has 0 bridgehead atoms. The molecule has 2 rings (SSSR count). The number of aromatic nitrogens is 2. The minimum atomic E-state index is 0.507. The molecule has 104 valence electrons. The van der Waals surface area contributed by atoms with Crippen LogP contribution >= 0.6 is 11.3 Å². The van der Waals surface area contributed by atoms with Gasteiger partial charge >= 0.3 is 0 Å². The molecule has 2 aromatic heterocycles. The monoisotopic (exact) mass is 277 g/mol. The fourth-order valence-electron chi connectivity index (χ4n) is 2.18. The Hall–Kier alpha value is -1.13. The summed E-state index contributed by atoms with van der Waals surface area (Å²) in [7, 11) is 0. The SMILES string of the molecule is Cc1nn(CCc2ccsc2)c(C)c1CNC(C)C. The van der Waals surface area contributed by atoms with E-state index in [1.807, 2.05) is 0 Å². The van der Waals surface area contributed by atoms with Gasteiger partial charge in [0.1, 0.15) is 0 Å². The van der Waals surface area contributed by atoms with Gasteiger partial charge in [-0.3, -0.25) is 4.68 Å². The first kappa shape index (κ1) is 14.3. The smallest absolute Gasteiger partial charge is 0.0641 e. The minimum Gasteiger partial charge on any atom is -0.310 e. The van der Waals surface area contributed by atoms with E-state index in [9.17, 15) is 0 Å². The van der Waals surface area contributed by atoms with Crippen LogP contribution in [-0.2, 0) is 19.5 Å². The van der Waals surface area contributed by atoms with E-state index >= 15 is 0 Å². The minimum absolute atomic E-state index is 0.507. The molecule has 0 spiro atoms. The Morgan fingerprint density at radius 1 is 1.37 bits per heavy atom. The van der Waals surface area contributed by atoms with E-state index in [2.05, 4.69) is 59.6 Å². The van der Waals surface area contributed by atoms with Gasteiger partial charge in [-0.1, -0.05) is 13.8 Å². The summed E-state index contributed by atoms with van der Waals surface area (Å²) in [6.07, 6.45) is 1.06. The second kappa shape index (κ2) is 6.35. The number of nitrogens with one attached hydrogen (secondary N) is 1. The molecule has 19 heavy (non-hydrogen) atoms. The van der Waals surface area contributed by atoms with Crippen molar-refractivity contribution in [3.8, 4) is 0 Å². The van der Waals surface area contributed by atoms with Crippen molar-refractivity contribution in [1.82, 2.24) is 15.1 Å². The van der Waals surface area contributed by atoms with E-state index in [0.29, 0.717) is 6.04 Å². The highest BCUT2D eigenvalue weighted by molar-refractivity contribution is 7.07. The van der Waals surface area contributed by atoms with Crippen molar-refractivity contribution in [2.45, 2.75) is 53.2 Å². The zero-order chi connectivity index (χ0) is 13.8. The maximum Gasteiger partial charge on any atom is 0.0641 e. The summed E-state index contributed by atoms with van der Waals surface area (Å²) in [5, 5.41) is 12.5. The standard InChI is InChI=1S/C15H23N3S/c1-11(2)16-9-15-12(3)17-18(13(15)4)7-5-14-6-8-19-10-14/h6,8,10-11,16H,5,7,9H2,1-4H3. The number of hydrogen-bond donors (Lipinski definition) is 1. The molecule has 0 aliphatic heterocycles. The van der Waals surface area contributed by atoms with Crippen molar-refractivity contribution in [3.05, 3.63) is 39.3 Å². The first-order valence-corrected chi connectivity index (χ1v) is 7.79. The predicted molar refractivity (Wildman–Crippen MR) is 81.7 cm³/mol. The average molecular weight is 277 g/mol. The summed E-state index contributed by atoms with van der Waals surface area (Å²) < 4.78 is 2.14. The normalized spacial score (nSPS) is 11.4. The molecular formula is C15H23N3S. The number of thiophene rings is 1. The van der Waals surface area contributed by atoms with Crippen LogP contribution in [0.2, 0.25) is 0 Å². The van der Waals surface area contributed by atoms with Gasteiger partial charge in [0.05, 0.1) is 5.69 Å². The second-order valence-electron chi connectivity index (χ2n) is 5.29. The van der Waals surface area contributed by atoms with Crippen LogP contribution in [0.3, 0.4) is 0 Å². The third-order valence-corrected chi connectivity index (χ3v) is 4.14. The Morgan fingerprint density at radius 2 is 2.16 bits per heavy atom. The lowest BCUT2D eigenvalue weighted by atomic mass is 10.2. The summed E-state index contributed by atoms with van der Waals surface area (Å²) in [5.74, 6) is 0. The van der Waals surface area contributed by atoms with Crippen molar-refractivity contribution in [2.75, 3.05) is 0 Å². The fourth-order valence-corrected chi connectivity index (χ4v) is 2.89. The van der Waals surface area contributed by atoms with Gasteiger partial charge in [0.25, 0.3) is 0 Å². The first-order chi connectivity index (χ1) is 9.08. The molecule has 0 unspecified atom stereocenters. The second-order valence-corrected chi connectivity index (χ2v) is 6.07. The Kier molecular flexibility index (Phi) is 4.77. The van der Waals surface area contributed by atoms with Crippen LogP contribution in [0.4, 0.5) is 0 Å². The molecule has 1 N–H and O–H groups in total. The van der Waals surface area contributed by atoms with Crippen LogP contribution in [0.15, 0.2) is 16.8 Å². The third kappa shape index (κ3) is 3.67. The topological polar surface area (TPSA) is 29.9 Å². The first-order valence-electron chi connectivity index (χ1n) is 6.85. The number of rotatable bonds is 6. The molecule has 0 saturated heterocycles. The molecule has 0 aliphatic carbocycles. The molecule has 0 aliphatic rings. The number of aryl methyl sites for hydroxylation is 3. The molecule has 2 heterocycles. The molecule has 3 nitrogen and oxygen atoms in total. The molecule has 0 aromatic carbocycles. The lowest BCUT2D eigenvalue weighted by Gasteiger charge is -2.09. The average Bonchev–Trinajstić information content (AvgIpc) is 2.94. The van der Waals surface area contributed by atoms with E-state index in [4.69, 9.17) is 0 Å². The number of hydrogen-bond acceptors (Lipinski definition) is 3. The van der Waals surface area contributed by atoms with Gasteiger partial charge in [0.15, 0.2) is 0 Å². The van der Waals surface area contributed by atoms with Gasteiger partial charge in [0, 0.05) is 30.4 Å². The van der Waals surface area contributed by atoms with Crippen LogP contribution in [0.1, 0.15) is 36.4 Å². The number of nitrogens with zero attached hydrogens (tertiary/aromatic N) is 2. The molecule has 0 amide bonds. The Balaban J connectivity index is 2.03. The van der Waals surface area contributed by atoms with Gasteiger partial charge in [-0.15, -0.1) is 0 Å². The highest BCUT2D eigenvalue weighted by Crippen LogP contribution is 2.14. The molecule has 4 heteroatoms. The van der Waals surface area contributed by atoms with Gasteiger partial charge in [-0.05, 0) is 42.7 Å². The molecule has 0 radical (unpaired) electrons. The van der Waals surface area contributed by atoms with Crippen molar-refractivity contribution in [2.24, 2.45) is 0 Å². The Bertz CT molecular complexity index is 512. The van der Waals surface area contributed by atoms with Gasteiger partial charge in [0.2, 0.25) is 0 Å². The summed E-state index contributed by atoms with van der Waals surface area (Å²) in [6.45, 7) is 10.5. The lowest BCUT2D eigenvalue weighted by Crippen LogP contribution is -2.22. The summed E-state index contributed by atoms with van der Waals surface area (Å²) in [4.78, 5) is 0. The molecule has 2 aromatic rings. The highest BCUT2D eigenvalue weighted by atomic mass is 32.1. The van der Waals surface area contributed by atoms with Crippen molar-refractivity contribution >= 4 is 11.3 Å². The van der Waals surface area contributed by atoms with Crippen LogP contribution in [-0.4, -0.2) is 15.8 Å². The van der Waals surface area contributed by atoms with Crippen LogP contribution in [0.25, 0.3) is 0 Å². The van der Waals surface area contributed by atoms with E-state index in [1.54, 1.807) is 11.3 Å². The lowest BCUT2D eigenvalue weighted by molar-refractivity contribution is 0.578. The highest BCUT2D eigenvalue weighted by Gasteiger charge is 2.11. The fraction of sp³-hybridized carbons (Fsp3) is 0.533. The Labute approximate surface area is 119 Å². The van der Waals surface area contributed by atoms with E-state index < -0.39 is 0 Å². The summed E-state index contributed by atoms with van der Waals surface area (Å²) in [6, 6.07) is 2.70. The zero-order valence-electron chi connectivity index (χ0n) is 12.2. The van der Waals surface area contributed by atoms with Crippen LogP contribution < -0.4 is 5.32 Å². The van der Waals surface area contributed by atoms with Crippen molar-refractivity contribution in [3.63, 3.8) is 0 Å². The van der Waals surface area contributed by atoms with E-state index in [1.165, 1.54) is 16.8 Å². The molecule has 0 saturated carbocycles.